The minimum Gasteiger partial charge on any atom is -0.326 e. The van der Waals surface area contributed by atoms with Crippen molar-refractivity contribution in [2.45, 2.75) is 19.4 Å². The van der Waals surface area contributed by atoms with E-state index >= 15 is 0 Å². The number of amides is 2. The van der Waals surface area contributed by atoms with Gasteiger partial charge in [0.15, 0.2) is 0 Å². The lowest BCUT2D eigenvalue weighted by Gasteiger charge is -2.18. The number of carbonyl (C=O) groups excluding carboxylic acids is 2. The van der Waals surface area contributed by atoms with Crippen molar-refractivity contribution >= 4 is 34.8 Å². The monoisotopic (exact) mass is 357 g/mol. The van der Waals surface area contributed by atoms with Crippen LogP contribution in [0.4, 0.5) is 11.4 Å². The molecule has 130 valence electrons. The summed E-state index contributed by atoms with van der Waals surface area (Å²) in [5.74, 6) is 0.0436. The Kier molecular flexibility index (Phi) is 5.36. The molecule has 2 aromatic carbocycles. The quantitative estimate of drug-likeness (QED) is 0.835. The molecule has 0 radical (unpaired) electrons. The molecule has 0 aliphatic carbocycles. The molecule has 1 heterocycles. The van der Waals surface area contributed by atoms with Crippen LogP contribution < -0.4 is 15.5 Å². The highest BCUT2D eigenvalue weighted by Gasteiger charge is 2.27. The van der Waals surface area contributed by atoms with Crippen molar-refractivity contribution in [2.75, 3.05) is 23.8 Å². The summed E-state index contributed by atoms with van der Waals surface area (Å²) in [6, 6.07) is 13.1. The topological polar surface area (TPSA) is 61.4 Å². The Morgan fingerprint density at radius 1 is 1.20 bits per heavy atom. The molecule has 0 atom stereocenters. The van der Waals surface area contributed by atoms with E-state index in [0.717, 1.165) is 22.5 Å². The molecule has 0 saturated carbocycles. The van der Waals surface area contributed by atoms with Gasteiger partial charge < -0.3 is 15.5 Å². The Hall–Kier alpha value is -2.37. The van der Waals surface area contributed by atoms with Gasteiger partial charge in [-0.05, 0) is 42.4 Å². The van der Waals surface area contributed by atoms with Crippen molar-refractivity contribution in [1.29, 1.82) is 0 Å². The zero-order chi connectivity index (χ0) is 17.8. The number of anilines is 2. The average Bonchev–Trinajstić information content (AvgIpc) is 2.90. The summed E-state index contributed by atoms with van der Waals surface area (Å²) in [5.41, 5.74) is 3.63. The molecule has 0 saturated heterocycles. The lowest BCUT2D eigenvalue weighted by Crippen LogP contribution is -2.26. The van der Waals surface area contributed by atoms with Crippen molar-refractivity contribution in [3.63, 3.8) is 0 Å². The van der Waals surface area contributed by atoms with Gasteiger partial charge in [-0.25, -0.2) is 0 Å². The summed E-state index contributed by atoms with van der Waals surface area (Å²) in [5, 5.41) is 6.42. The van der Waals surface area contributed by atoms with Crippen molar-refractivity contribution in [2.24, 2.45) is 0 Å². The van der Waals surface area contributed by atoms with Crippen molar-refractivity contribution in [3.8, 4) is 0 Å². The highest BCUT2D eigenvalue weighted by molar-refractivity contribution is 6.31. The van der Waals surface area contributed by atoms with Crippen LogP contribution >= 0.6 is 11.6 Å². The fourth-order valence-electron chi connectivity index (χ4n) is 2.84. The molecule has 5 nitrogen and oxygen atoms in total. The van der Waals surface area contributed by atoms with Crippen LogP contribution in [0.25, 0.3) is 0 Å². The third-order valence-electron chi connectivity index (χ3n) is 4.16. The number of nitrogens with zero attached hydrogens (tertiary/aromatic N) is 1. The number of benzene rings is 2. The fourth-order valence-corrected chi connectivity index (χ4v) is 3.01. The van der Waals surface area contributed by atoms with Gasteiger partial charge in [-0.15, -0.1) is 0 Å². The number of fused-ring (bicyclic) bond motifs is 1. The van der Waals surface area contributed by atoms with Crippen LogP contribution in [0.15, 0.2) is 42.5 Å². The van der Waals surface area contributed by atoms with Crippen LogP contribution in [0.5, 0.6) is 0 Å². The van der Waals surface area contributed by atoms with E-state index in [0.29, 0.717) is 31.0 Å². The molecule has 1 aliphatic heterocycles. The normalized spacial score (nSPS) is 13.0. The summed E-state index contributed by atoms with van der Waals surface area (Å²) in [6.07, 6.45) is 0.837. The van der Waals surface area contributed by atoms with Gasteiger partial charge in [0.05, 0.1) is 13.0 Å². The van der Waals surface area contributed by atoms with Crippen molar-refractivity contribution in [3.05, 3.63) is 58.6 Å². The third-order valence-corrected chi connectivity index (χ3v) is 4.40. The zero-order valence-corrected chi connectivity index (χ0v) is 14.8. The first kappa shape index (κ1) is 17.5. The van der Waals surface area contributed by atoms with Crippen LogP contribution in [0.1, 0.15) is 17.5 Å². The van der Waals surface area contributed by atoms with E-state index in [1.807, 2.05) is 49.5 Å². The maximum Gasteiger partial charge on any atom is 0.231 e. The summed E-state index contributed by atoms with van der Waals surface area (Å²) in [6.45, 7) is 1.13. The second kappa shape index (κ2) is 7.68. The van der Waals surface area contributed by atoms with Crippen LogP contribution in [-0.4, -0.2) is 25.4 Å². The molecule has 0 aromatic heterocycles. The van der Waals surface area contributed by atoms with E-state index in [2.05, 4.69) is 10.6 Å². The molecule has 2 amide bonds. The number of nitrogens with one attached hydrogen (secondary N) is 2. The Bertz CT molecular complexity index is 790. The van der Waals surface area contributed by atoms with Gasteiger partial charge >= 0.3 is 0 Å². The lowest BCUT2D eigenvalue weighted by molar-refractivity contribution is -0.117. The van der Waals surface area contributed by atoms with Gasteiger partial charge in [0.1, 0.15) is 0 Å². The van der Waals surface area contributed by atoms with E-state index in [9.17, 15) is 9.59 Å². The Balaban J connectivity index is 1.67. The van der Waals surface area contributed by atoms with E-state index in [1.54, 1.807) is 4.90 Å². The van der Waals surface area contributed by atoms with Gasteiger partial charge in [0.25, 0.3) is 0 Å². The van der Waals surface area contributed by atoms with Gasteiger partial charge in [-0.3, -0.25) is 9.59 Å². The van der Waals surface area contributed by atoms with E-state index in [1.165, 1.54) is 0 Å². The first-order chi connectivity index (χ1) is 12.1. The van der Waals surface area contributed by atoms with Crippen molar-refractivity contribution < 1.29 is 9.59 Å². The van der Waals surface area contributed by atoms with Crippen molar-refractivity contribution in [1.82, 2.24) is 5.32 Å². The first-order valence-electron chi connectivity index (χ1n) is 8.19. The number of halogens is 1. The SMILES string of the molecule is CNCCC(=O)Nc1ccc(CN2C(=O)Cc3ccc(Cl)cc32)cc1. The van der Waals surface area contributed by atoms with Crippen LogP contribution in [0.2, 0.25) is 5.02 Å². The minimum absolute atomic E-state index is 0.0274. The number of hydrogen-bond donors (Lipinski definition) is 2. The molecular formula is C19H20ClN3O2. The highest BCUT2D eigenvalue weighted by Crippen LogP contribution is 2.32. The van der Waals surface area contributed by atoms with Gasteiger partial charge in [0, 0.05) is 29.4 Å². The summed E-state index contributed by atoms with van der Waals surface area (Å²) in [4.78, 5) is 25.8. The predicted molar refractivity (Wildman–Crippen MR) is 100.0 cm³/mol. The standard InChI is InChI=1S/C19H20ClN3O2/c1-21-9-8-18(24)22-16-6-2-13(3-7-16)12-23-17-11-15(20)5-4-14(17)10-19(23)25/h2-7,11,21H,8-10,12H2,1H3,(H,22,24). The summed E-state index contributed by atoms with van der Waals surface area (Å²) >= 11 is 6.06. The molecule has 0 unspecified atom stereocenters. The van der Waals surface area contributed by atoms with E-state index < -0.39 is 0 Å². The summed E-state index contributed by atoms with van der Waals surface area (Å²) < 4.78 is 0. The molecule has 3 rings (SSSR count). The maximum absolute atomic E-state index is 12.3. The largest absolute Gasteiger partial charge is 0.326 e. The molecule has 25 heavy (non-hydrogen) atoms. The molecule has 1 aliphatic rings. The Labute approximate surface area is 152 Å². The molecule has 0 bridgehead atoms. The molecule has 6 heteroatoms. The van der Waals surface area contributed by atoms with Gasteiger partial charge in [0.2, 0.25) is 11.8 Å². The van der Waals surface area contributed by atoms with Gasteiger partial charge in [-0.2, -0.15) is 0 Å². The second-order valence-corrected chi connectivity index (χ2v) is 6.46. The third kappa shape index (κ3) is 4.18. The smallest absolute Gasteiger partial charge is 0.231 e. The Morgan fingerprint density at radius 2 is 1.96 bits per heavy atom. The summed E-state index contributed by atoms with van der Waals surface area (Å²) in [7, 11) is 1.81. The number of hydrogen-bond acceptors (Lipinski definition) is 3. The van der Waals surface area contributed by atoms with E-state index in [4.69, 9.17) is 11.6 Å². The first-order valence-corrected chi connectivity index (χ1v) is 8.57. The maximum atomic E-state index is 12.3. The molecule has 2 aromatic rings. The zero-order valence-electron chi connectivity index (χ0n) is 14.0. The number of carbonyl (C=O) groups is 2. The molecule has 0 spiro atoms. The molecule has 2 N–H and O–H groups in total. The van der Waals surface area contributed by atoms with Crippen LogP contribution in [0.3, 0.4) is 0 Å². The molecule has 0 fully saturated rings. The predicted octanol–water partition coefficient (Wildman–Crippen LogP) is 2.98. The Morgan fingerprint density at radius 3 is 2.68 bits per heavy atom. The lowest BCUT2D eigenvalue weighted by atomic mass is 10.1. The molecular weight excluding hydrogens is 338 g/mol. The second-order valence-electron chi connectivity index (χ2n) is 6.03. The highest BCUT2D eigenvalue weighted by atomic mass is 35.5. The average molecular weight is 358 g/mol. The minimum atomic E-state index is -0.0274. The van der Waals surface area contributed by atoms with Crippen LogP contribution in [-0.2, 0) is 22.6 Å². The number of rotatable bonds is 6. The van der Waals surface area contributed by atoms with Gasteiger partial charge in [-0.1, -0.05) is 29.8 Å². The van der Waals surface area contributed by atoms with E-state index in [-0.39, 0.29) is 11.8 Å². The van der Waals surface area contributed by atoms with Crippen LogP contribution in [0, 0.1) is 0 Å². The fraction of sp³-hybridized carbons (Fsp3) is 0.263.